The van der Waals surface area contributed by atoms with Crippen LogP contribution in [0.4, 0.5) is 0 Å². The normalized spacial score (nSPS) is 23.1. The molecule has 0 radical (unpaired) electrons. The van der Waals surface area contributed by atoms with Gasteiger partial charge in [0.05, 0.1) is 0 Å². The van der Waals surface area contributed by atoms with Crippen LogP contribution in [-0.2, 0) is 4.79 Å². The molecule has 1 amide bonds. The first-order valence-electron chi connectivity index (χ1n) is 9.67. The van der Waals surface area contributed by atoms with Gasteiger partial charge < -0.3 is 9.47 Å². The Labute approximate surface area is 148 Å². The van der Waals surface area contributed by atoms with Gasteiger partial charge in [0, 0.05) is 31.5 Å². The number of hydrogen-bond acceptors (Lipinski definition) is 3. The molecule has 1 aromatic rings. The lowest BCUT2D eigenvalue weighted by Gasteiger charge is -2.32. The maximum absolute atomic E-state index is 12.5. The molecule has 1 saturated heterocycles. The minimum Gasteiger partial charge on any atom is -0.343 e. The Morgan fingerprint density at radius 2 is 1.83 bits per heavy atom. The molecule has 0 spiro atoms. The van der Waals surface area contributed by atoms with Gasteiger partial charge in [-0.2, -0.15) is 5.10 Å². The number of nitrogens with one attached hydrogen (secondary N) is 1. The summed E-state index contributed by atoms with van der Waals surface area (Å²) in [4.78, 5) is 14.5. The van der Waals surface area contributed by atoms with Gasteiger partial charge in [-0.3, -0.25) is 9.89 Å². The zero-order valence-electron chi connectivity index (χ0n) is 14.4. The Morgan fingerprint density at radius 1 is 1.12 bits per heavy atom. The summed E-state index contributed by atoms with van der Waals surface area (Å²) in [5, 5.41) is 7.48. The minimum absolute atomic E-state index is 0.362. The number of piperidine rings is 1. The van der Waals surface area contributed by atoms with Crippen LogP contribution in [0.15, 0.2) is 0 Å². The molecule has 24 heavy (non-hydrogen) atoms. The lowest BCUT2D eigenvalue weighted by atomic mass is 9.95. The number of carbonyl (C=O) groups is 1. The van der Waals surface area contributed by atoms with E-state index in [4.69, 9.17) is 12.2 Å². The molecule has 0 bridgehead atoms. The summed E-state index contributed by atoms with van der Waals surface area (Å²) < 4.78 is 3.00. The Bertz CT molecular complexity index is 634. The predicted octanol–water partition coefficient (Wildman–Crippen LogP) is 3.95. The molecular weight excluding hydrogens is 320 g/mol. The van der Waals surface area contributed by atoms with Crippen molar-refractivity contribution >= 4 is 18.1 Å². The molecule has 1 aliphatic heterocycles. The Hall–Kier alpha value is -1.17. The number of likely N-dealkylation sites (tertiary alicyclic amines) is 1. The number of hydrogen-bond donors (Lipinski definition) is 1. The fourth-order valence-corrected chi connectivity index (χ4v) is 4.75. The van der Waals surface area contributed by atoms with Crippen LogP contribution >= 0.6 is 12.2 Å². The van der Waals surface area contributed by atoms with Gasteiger partial charge in [0.2, 0.25) is 5.91 Å². The highest BCUT2D eigenvalue weighted by Gasteiger charge is 2.32. The standard InChI is InChI=1S/C18H28N4OS/c23-16(8-5-13-3-1-2-4-13)21-11-9-14(10-12-21)17-19-20-18(24)22(17)15-6-7-15/h13-15H,1-12H2,(H,20,24). The molecular formula is C18H28N4OS. The van der Waals surface area contributed by atoms with E-state index in [0.717, 1.165) is 55.3 Å². The molecule has 2 aliphatic carbocycles. The number of rotatable bonds is 5. The molecule has 1 N–H and O–H groups in total. The summed E-state index contributed by atoms with van der Waals surface area (Å²) in [6.45, 7) is 1.75. The zero-order valence-corrected chi connectivity index (χ0v) is 15.2. The molecule has 0 aromatic carbocycles. The van der Waals surface area contributed by atoms with Crippen molar-refractivity contribution in [2.45, 2.75) is 76.2 Å². The van der Waals surface area contributed by atoms with Gasteiger partial charge >= 0.3 is 0 Å². The molecule has 132 valence electrons. The van der Waals surface area contributed by atoms with Gasteiger partial charge in [0.1, 0.15) is 5.82 Å². The molecule has 5 nitrogen and oxygen atoms in total. The number of nitrogens with zero attached hydrogens (tertiary/aromatic N) is 3. The first-order chi connectivity index (χ1) is 11.7. The average Bonchev–Trinajstić information content (AvgIpc) is 3.15. The van der Waals surface area contributed by atoms with Gasteiger partial charge in [-0.15, -0.1) is 0 Å². The van der Waals surface area contributed by atoms with Crippen molar-refractivity contribution in [3.63, 3.8) is 0 Å². The molecule has 6 heteroatoms. The Balaban J connectivity index is 1.30. The highest BCUT2D eigenvalue weighted by Crippen LogP contribution is 2.39. The topological polar surface area (TPSA) is 53.9 Å². The van der Waals surface area contributed by atoms with E-state index in [0.29, 0.717) is 17.9 Å². The Kier molecular flexibility index (Phi) is 4.74. The van der Waals surface area contributed by atoms with Crippen molar-refractivity contribution in [1.29, 1.82) is 0 Å². The lowest BCUT2D eigenvalue weighted by molar-refractivity contribution is -0.132. The van der Waals surface area contributed by atoms with Gasteiger partial charge in [0.15, 0.2) is 4.77 Å². The Morgan fingerprint density at radius 3 is 2.50 bits per heavy atom. The van der Waals surface area contributed by atoms with E-state index in [2.05, 4.69) is 19.7 Å². The zero-order chi connectivity index (χ0) is 16.5. The van der Waals surface area contributed by atoms with Crippen molar-refractivity contribution < 1.29 is 4.79 Å². The molecule has 3 fully saturated rings. The summed E-state index contributed by atoms with van der Waals surface area (Å²) in [5.41, 5.74) is 0. The smallest absolute Gasteiger partial charge is 0.222 e. The van der Waals surface area contributed by atoms with Crippen LogP contribution in [0.1, 0.15) is 82.0 Å². The van der Waals surface area contributed by atoms with Gasteiger partial charge in [-0.1, -0.05) is 25.7 Å². The van der Waals surface area contributed by atoms with Gasteiger partial charge in [0.25, 0.3) is 0 Å². The second-order valence-electron chi connectivity index (χ2n) is 7.83. The van der Waals surface area contributed by atoms with E-state index in [9.17, 15) is 4.79 Å². The molecule has 3 aliphatic rings. The maximum Gasteiger partial charge on any atom is 0.222 e. The number of aromatic nitrogens is 3. The van der Waals surface area contributed by atoms with Crippen molar-refractivity contribution in [1.82, 2.24) is 19.7 Å². The summed E-state index contributed by atoms with van der Waals surface area (Å²) >= 11 is 5.39. The molecule has 0 unspecified atom stereocenters. The highest BCUT2D eigenvalue weighted by molar-refractivity contribution is 7.71. The van der Waals surface area contributed by atoms with E-state index >= 15 is 0 Å². The second kappa shape index (κ2) is 6.98. The fraction of sp³-hybridized carbons (Fsp3) is 0.833. The molecule has 0 atom stereocenters. The molecule has 4 rings (SSSR count). The van der Waals surface area contributed by atoms with Crippen molar-refractivity contribution in [3.8, 4) is 0 Å². The van der Waals surface area contributed by atoms with E-state index in [1.165, 1.54) is 38.5 Å². The van der Waals surface area contributed by atoms with E-state index in [1.807, 2.05) is 0 Å². The van der Waals surface area contributed by atoms with Crippen molar-refractivity contribution in [3.05, 3.63) is 10.6 Å². The van der Waals surface area contributed by atoms with Crippen molar-refractivity contribution in [2.24, 2.45) is 5.92 Å². The van der Waals surface area contributed by atoms with Gasteiger partial charge in [-0.25, -0.2) is 0 Å². The summed E-state index contributed by atoms with van der Waals surface area (Å²) in [7, 11) is 0. The first kappa shape index (κ1) is 16.3. The van der Waals surface area contributed by atoms with Crippen molar-refractivity contribution in [2.75, 3.05) is 13.1 Å². The predicted molar refractivity (Wildman–Crippen MR) is 95.4 cm³/mol. The van der Waals surface area contributed by atoms with E-state index < -0.39 is 0 Å². The fourth-order valence-electron chi connectivity index (χ4n) is 4.46. The molecule has 2 saturated carbocycles. The molecule has 2 heterocycles. The van der Waals surface area contributed by atoms with E-state index in [-0.39, 0.29) is 0 Å². The monoisotopic (exact) mass is 348 g/mol. The molecule has 1 aromatic heterocycles. The lowest BCUT2D eigenvalue weighted by Crippen LogP contribution is -2.38. The third kappa shape index (κ3) is 3.44. The highest BCUT2D eigenvalue weighted by atomic mass is 32.1. The number of carbonyl (C=O) groups excluding carboxylic acids is 1. The third-order valence-electron chi connectivity index (χ3n) is 6.10. The first-order valence-corrected chi connectivity index (χ1v) is 10.1. The largest absolute Gasteiger partial charge is 0.343 e. The number of aromatic amines is 1. The maximum atomic E-state index is 12.5. The third-order valence-corrected chi connectivity index (χ3v) is 6.39. The minimum atomic E-state index is 0.362. The number of amides is 1. The quantitative estimate of drug-likeness (QED) is 0.820. The van der Waals surface area contributed by atoms with Crippen LogP contribution < -0.4 is 0 Å². The number of H-pyrrole nitrogens is 1. The van der Waals surface area contributed by atoms with E-state index in [1.54, 1.807) is 0 Å². The summed E-state index contributed by atoms with van der Waals surface area (Å²) in [5.74, 6) is 2.73. The van der Waals surface area contributed by atoms with Crippen LogP contribution in [0.2, 0.25) is 0 Å². The van der Waals surface area contributed by atoms with Crippen LogP contribution in [-0.4, -0.2) is 38.7 Å². The SMILES string of the molecule is O=C(CCC1CCCC1)N1CCC(c2n[nH]c(=S)n2C2CC2)CC1. The van der Waals surface area contributed by atoms with Crippen LogP contribution in [0.5, 0.6) is 0 Å². The van der Waals surface area contributed by atoms with Crippen LogP contribution in [0.25, 0.3) is 0 Å². The summed E-state index contributed by atoms with van der Waals surface area (Å²) in [6.07, 6.45) is 11.7. The van der Waals surface area contributed by atoms with Crippen LogP contribution in [0.3, 0.4) is 0 Å². The summed E-state index contributed by atoms with van der Waals surface area (Å²) in [6, 6.07) is 0.567. The second-order valence-corrected chi connectivity index (χ2v) is 8.22. The van der Waals surface area contributed by atoms with Gasteiger partial charge in [-0.05, 0) is 50.2 Å². The average molecular weight is 349 g/mol. The van der Waals surface area contributed by atoms with Crippen LogP contribution in [0, 0.1) is 10.7 Å².